The van der Waals surface area contributed by atoms with Crippen LogP contribution in [-0.4, -0.2) is 10.3 Å². The molecule has 2 nitrogen and oxygen atoms in total. The van der Waals surface area contributed by atoms with Gasteiger partial charge in [0.2, 0.25) is 0 Å². The molecule has 122 valence electrons. The Morgan fingerprint density at radius 2 is 1.96 bits per heavy atom. The molecule has 25 heavy (non-hydrogen) atoms. The van der Waals surface area contributed by atoms with E-state index in [0.717, 1.165) is 28.4 Å². The predicted octanol–water partition coefficient (Wildman–Crippen LogP) is 5.32. The molecule has 2 aromatic heterocycles. The first kappa shape index (κ1) is 14.5. The van der Waals surface area contributed by atoms with Crippen LogP contribution < -0.4 is 0 Å². The second kappa shape index (κ2) is 5.36. The molecule has 1 aliphatic heterocycles. The topological polar surface area (TPSA) is 17.3 Å². The summed E-state index contributed by atoms with van der Waals surface area (Å²) >= 11 is 1.69. The molecule has 0 bridgehead atoms. The molecule has 1 aliphatic rings. The Hall–Kier alpha value is -2.79. The summed E-state index contributed by atoms with van der Waals surface area (Å²) in [5.74, 6) is -1.15. The molecule has 0 amide bonds. The first-order chi connectivity index (χ1) is 12.2. The Bertz CT molecular complexity index is 1150. The van der Waals surface area contributed by atoms with Crippen molar-refractivity contribution in [1.29, 1.82) is 0 Å². The minimum atomic E-state index is -0.584. The van der Waals surface area contributed by atoms with E-state index in [-0.39, 0.29) is 6.54 Å². The number of nitrogens with zero attached hydrogens (tertiary/aromatic N) is 2. The largest absolute Gasteiger partial charge is 0.315 e. The van der Waals surface area contributed by atoms with Crippen LogP contribution in [0.25, 0.3) is 15.8 Å². The smallest absolute Gasteiger partial charge is 0.133 e. The molecule has 0 saturated carbocycles. The fourth-order valence-corrected chi connectivity index (χ4v) is 4.11. The summed E-state index contributed by atoms with van der Waals surface area (Å²) < 4.78 is 31.1. The van der Waals surface area contributed by atoms with Crippen molar-refractivity contribution in [2.75, 3.05) is 0 Å². The van der Waals surface area contributed by atoms with E-state index in [4.69, 9.17) is 0 Å². The van der Waals surface area contributed by atoms with Crippen molar-refractivity contribution in [1.82, 2.24) is 4.57 Å². The number of thiophene rings is 1. The number of halogens is 2. The van der Waals surface area contributed by atoms with Crippen molar-refractivity contribution in [3.63, 3.8) is 0 Å². The number of aromatic nitrogens is 1. The first-order valence-corrected chi connectivity index (χ1v) is 8.77. The maximum Gasteiger partial charge on any atom is 0.133 e. The highest BCUT2D eigenvalue weighted by Gasteiger charge is 2.21. The fraction of sp³-hybridized carbons (Fsp3) is 0.0500. The van der Waals surface area contributed by atoms with Crippen LogP contribution in [-0.2, 0) is 6.54 Å². The molecule has 3 heterocycles. The average molecular weight is 350 g/mol. The molecule has 0 unspecified atom stereocenters. The third kappa shape index (κ3) is 2.23. The lowest BCUT2D eigenvalue weighted by molar-refractivity contribution is 0.571. The molecule has 2 aromatic carbocycles. The summed E-state index contributed by atoms with van der Waals surface area (Å²) in [6, 6.07) is 14.3. The summed E-state index contributed by atoms with van der Waals surface area (Å²) in [5, 5.41) is 3.21. The van der Waals surface area contributed by atoms with Crippen molar-refractivity contribution in [3.05, 3.63) is 88.6 Å². The van der Waals surface area contributed by atoms with Gasteiger partial charge in [-0.15, -0.1) is 11.3 Å². The van der Waals surface area contributed by atoms with Crippen molar-refractivity contribution >= 4 is 27.1 Å². The van der Waals surface area contributed by atoms with E-state index < -0.39 is 11.6 Å². The van der Waals surface area contributed by atoms with Gasteiger partial charge in [0.25, 0.3) is 0 Å². The minimum absolute atomic E-state index is 0.181. The lowest BCUT2D eigenvalue weighted by Gasteiger charge is -2.11. The highest BCUT2D eigenvalue weighted by atomic mass is 32.1. The third-order valence-corrected chi connectivity index (χ3v) is 5.41. The van der Waals surface area contributed by atoms with Crippen molar-refractivity contribution < 1.29 is 8.78 Å². The first-order valence-electron chi connectivity index (χ1n) is 7.89. The van der Waals surface area contributed by atoms with Crippen LogP contribution >= 0.6 is 11.3 Å². The zero-order valence-corrected chi connectivity index (χ0v) is 13.9. The highest BCUT2D eigenvalue weighted by Crippen LogP contribution is 2.29. The van der Waals surface area contributed by atoms with E-state index in [9.17, 15) is 8.78 Å². The van der Waals surface area contributed by atoms with Gasteiger partial charge in [-0.2, -0.15) is 0 Å². The van der Waals surface area contributed by atoms with E-state index >= 15 is 0 Å². The summed E-state index contributed by atoms with van der Waals surface area (Å²) in [4.78, 5) is 4.67. The number of hydrogen-bond acceptors (Lipinski definition) is 2. The Labute approximate surface area is 146 Å². The fourth-order valence-electron chi connectivity index (χ4n) is 3.34. The third-order valence-electron chi connectivity index (χ3n) is 4.51. The van der Waals surface area contributed by atoms with Gasteiger partial charge < -0.3 is 4.57 Å². The number of aliphatic imine (C=N–C) groups is 1. The van der Waals surface area contributed by atoms with Gasteiger partial charge in [0, 0.05) is 28.1 Å². The van der Waals surface area contributed by atoms with E-state index in [0.29, 0.717) is 11.3 Å². The Morgan fingerprint density at radius 1 is 1.04 bits per heavy atom. The van der Waals surface area contributed by atoms with E-state index in [1.165, 1.54) is 10.8 Å². The monoisotopic (exact) mass is 350 g/mol. The van der Waals surface area contributed by atoms with Crippen LogP contribution in [0.4, 0.5) is 8.78 Å². The number of fused-ring (bicyclic) bond motifs is 4. The molecule has 0 aliphatic carbocycles. The summed E-state index contributed by atoms with van der Waals surface area (Å²) in [5.41, 5.74) is 3.50. The quantitative estimate of drug-likeness (QED) is 0.442. The molecule has 0 radical (unpaired) electrons. The van der Waals surface area contributed by atoms with Gasteiger partial charge >= 0.3 is 0 Å². The molecule has 0 fully saturated rings. The molecular formula is C20H12F2N2S. The van der Waals surface area contributed by atoms with Gasteiger partial charge in [0.1, 0.15) is 11.6 Å². The van der Waals surface area contributed by atoms with Gasteiger partial charge in [-0.1, -0.05) is 6.07 Å². The molecule has 0 N–H and O–H groups in total. The number of rotatable bonds is 1. The summed E-state index contributed by atoms with van der Waals surface area (Å²) in [7, 11) is 0. The lowest BCUT2D eigenvalue weighted by atomic mass is 10.1. The molecule has 0 saturated heterocycles. The van der Waals surface area contributed by atoms with Crippen LogP contribution in [0.15, 0.2) is 65.1 Å². The van der Waals surface area contributed by atoms with Crippen LogP contribution in [0.3, 0.4) is 0 Å². The second-order valence-corrected chi connectivity index (χ2v) is 6.93. The Balaban J connectivity index is 1.74. The van der Waals surface area contributed by atoms with Crippen molar-refractivity contribution in [2.45, 2.75) is 6.54 Å². The molecule has 5 rings (SSSR count). The Kier molecular flexibility index (Phi) is 3.12. The molecule has 4 aromatic rings. The highest BCUT2D eigenvalue weighted by molar-refractivity contribution is 7.17. The average Bonchev–Trinajstić information content (AvgIpc) is 3.22. The van der Waals surface area contributed by atoms with Crippen LogP contribution in [0.1, 0.15) is 16.8 Å². The van der Waals surface area contributed by atoms with Crippen molar-refractivity contribution in [2.24, 2.45) is 4.99 Å². The van der Waals surface area contributed by atoms with Gasteiger partial charge in [-0.25, -0.2) is 8.78 Å². The standard InChI is InChI=1S/C20H12F2N2S/c21-14-9-16(22)15-11-23-20(17-2-1-6-24(17)18(15)10-14)13-3-4-19-12(8-13)5-7-25-19/h1-10H,11H2. The van der Waals surface area contributed by atoms with Gasteiger partial charge in [-0.05, 0) is 47.2 Å². The van der Waals surface area contributed by atoms with E-state index in [1.807, 2.05) is 29.0 Å². The Morgan fingerprint density at radius 3 is 2.88 bits per heavy atom. The van der Waals surface area contributed by atoms with E-state index in [2.05, 4.69) is 28.6 Å². The summed E-state index contributed by atoms with van der Waals surface area (Å²) in [6.45, 7) is 0.181. The lowest BCUT2D eigenvalue weighted by Crippen LogP contribution is -2.08. The SMILES string of the molecule is Fc1cc(F)c2c(c1)-n1cccc1C(c1ccc3sccc3c1)=NC2. The summed E-state index contributed by atoms with van der Waals surface area (Å²) in [6.07, 6.45) is 1.82. The predicted molar refractivity (Wildman–Crippen MR) is 96.9 cm³/mol. The zero-order valence-electron chi connectivity index (χ0n) is 13.0. The molecule has 0 atom stereocenters. The van der Waals surface area contributed by atoms with Gasteiger partial charge in [0.15, 0.2) is 0 Å². The normalized spacial score (nSPS) is 13.3. The number of benzene rings is 2. The van der Waals surface area contributed by atoms with Crippen molar-refractivity contribution in [3.8, 4) is 5.69 Å². The van der Waals surface area contributed by atoms with Gasteiger partial charge in [0.05, 0.1) is 23.6 Å². The maximum atomic E-state index is 14.3. The molecule has 5 heteroatoms. The minimum Gasteiger partial charge on any atom is -0.315 e. The zero-order chi connectivity index (χ0) is 17.0. The molecular weight excluding hydrogens is 338 g/mol. The van der Waals surface area contributed by atoms with Crippen LogP contribution in [0, 0.1) is 11.6 Å². The van der Waals surface area contributed by atoms with Gasteiger partial charge in [-0.3, -0.25) is 4.99 Å². The number of hydrogen-bond donors (Lipinski definition) is 0. The van der Waals surface area contributed by atoms with Crippen LogP contribution in [0.5, 0.6) is 0 Å². The van der Waals surface area contributed by atoms with Crippen LogP contribution in [0.2, 0.25) is 0 Å². The van der Waals surface area contributed by atoms with E-state index in [1.54, 1.807) is 11.3 Å². The molecule has 0 spiro atoms. The second-order valence-electron chi connectivity index (χ2n) is 5.99. The maximum absolute atomic E-state index is 14.3.